The number of nitrogens with zero attached hydrogens (tertiary/aromatic N) is 1. The fraction of sp³-hybridized carbons (Fsp3) is 0.263. The van der Waals surface area contributed by atoms with Gasteiger partial charge in [0.1, 0.15) is 10.7 Å². The van der Waals surface area contributed by atoms with E-state index in [1.807, 2.05) is 25.1 Å². The van der Waals surface area contributed by atoms with E-state index in [2.05, 4.69) is 15.0 Å². The molecule has 1 aliphatic rings. The van der Waals surface area contributed by atoms with Crippen LogP contribution < -0.4 is 10.6 Å². The van der Waals surface area contributed by atoms with E-state index in [1.54, 1.807) is 24.3 Å². The van der Waals surface area contributed by atoms with E-state index in [9.17, 15) is 13.2 Å². The second kappa shape index (κ2) is 8.10. The van der Waals surface area contributed by atoms with Gasteiger partial charge in [-0.3, -0.25) is 4.79 Å². The van der Waals surface area contributed by atoms with Crippen molar-refractivity contribution in [3.63, 3.8) is 0 Å². The highest BCUT2D eigenvalue weighted by molar-refractivity contribution is 7.90. The summed E-state index contributed by atoms with van der Waals surface area (Å²) in [4.78, 5) is 12.3. The Hall–Kier alpha value is -2.38. The zero-order valence-corrected chi connectivity index (χ0v) is 16.3. The lowest BCUT2D eigenvalue weighted by molar-refractivity contribution is -0.122. The molecule has 1 aliphatic heterocycles. The summed E-state index contributed by atoms with van der Waals surface area (Å²) in [7, 11) is -3.71. The number of hydrogen-bond donors (Lipinski definition) is 2. The van der Waals surface area contributed by atoms with Crippen molar-refractivity contribution >= 4 is 39.1 Å². The number of carbonyl (C=O) groups excluding carboxylic acids is 1. The first kappa shape index (κ1) is 19.4. The fourth-order valence-electron chi connectivity index (χ4n) is 2.88. The van der Waals surface area contributed by atoms with E-state index in [-0.39, 0.29) is 23.1 Å². The minimum Gasteiger partial charge on any atom is -0.352 e. The average Bonchev–Trinajstić information content (AvgIpc) is 2.60. The molecule has 2 aromatic rings. The molecule has 2 N–H and O–H groups in total. The molecule has 0 radical (unpaired) electrons. The van der Waals surface area contributed by atoms with Crippen LogP contribution in [-0.4, -0.2) is 20.2 Å². The van der Waals surface area contributed by atoms with Gasteiger partial charge in [-0.15, -0.1) is 4.40 Å². The van der Waals surface area contributed by atoms with Crippen LogP contribution in [0.15, 0.2) is 57.8 Å². The van der Waals surface area contributed by atoms with Crippen LogP contribution in [0.3, 0.4) is 0 Å². The second-order valence-corrected chi connectivity index (χ2v) is 8.50. The Bertz CT molecular complexity index is 989. The molecule has 6 nitrogen and oxygen atoms in total. The summed E-state index contributed by atoms with van der Waals surface area (Å²) in [5.74, 6) is 0.144. The van der Waals surface area contributed by atoms with Crippen LogP contribution in [-0.2, 0) is 21.4 Å². The summed E-state index contributed by atoms with van der Waals surface area (Å²) < 4.78 is 28.4. The van der Waals surface area contributed by atoms with Gasteiger partial charge in [0.15, 0.2) is 0 Å². The van der Waals surface area contributed by atoms with Crippen LogP contribution in [0.25, 0.3) is 0 Å². The summed E-state index contributed by atoms with van der Waals surface area (Å²) in [6.07, 6.45) is 0.611. The maximum absolute atomic E-state index is 12.3. The van der Waals surface area contributed by atoms with E-state index in [0.717, 1.165) is 5.56 Å². The Morgan fingerprint density at radius 1 is 1.19 bits per heavy atom. The molecule has 3 rings (SSSR count). The molecule has 0 spiro atoms. The summed E-state index contributed by atoms with van der Waals surface area (Å²) in [6.45, 7) is 2.23. The van der Waals surface area contributed by atoms with Gasteiger partial charge in [-0.1, -0.05) is 48.9 Å². The molecule has 0 bridgehead atoms. The molecule has 0 unspecified atom stereocenters. The van der Waals surface area contributed by atoms with Crippen LogP contribution in [0.5, 0.6) is 0 Å². The van der Waals surface area contributed by atoms with E-state index in [4.69, 9.17) is 11.6 Å². The molecule has 1 amide bonds. The number of halogens is 1. The maximum Gasteiger partial charge on any atom is 0.286 e. The first-order chi connectivity index (χ1) is 12.8. The van der Waals surface area contributed by atoms with Gasteiger partial charge in [-0.05, 0) is 29.7 Å². The molecule has 0 saturated carbocycles. The number of fused-ring (bicyclic) bond motifs is 1. The topological polar surface area (TPSA) is 87.6 Å². The van der Waals surface area contributed by atoms with Gasteiger partial charge in [0.05, 0.1) is 5.69 Å². The van der Waals surface area contributed by atoms with Crippen molar-refractivity contribution in [2.75, 3.05) is 5.32 Å². The number of carbonyl (C=O) groups is 1. The lowest BCUT2D eigenvalue weighted by Gasteiger charge is -2.20. The number of para-hydroxylation sites is 1. The number of anilines is 1. The van der Waals surface area contributed by atoms with Crippen molar-refractivity contribution in [1.82, 2.24) is 5.32 Å². The van der Waals surface area contributed by atoms with Crippen LogP contribution in [0.1, 0.15) is 25.3 Å². The first-order valence-corrected chi connectivity index (χ1v) is 10.4. The van der Waals surface area contributed by atoms with Gasteiger partial charge >= 0.3 is 0 Å². The molecule has 2 aromatic carbocycles. The molecule has 0 aliphatic carbocycles. The molecule has 1 atom stereocenters. The predicted molar refractivity (Wildman–Crippen MR) is 106 cm³/mol. The molecule has 0 fully saturated rings. The Morgan fingerprint density at radius 3 is 2.67 bits per heavy atom. The van der Waals surface area contributed by atoms with Gasteiger partial charge in [0, 0.05) is 24.4 Å². The number of amidine groups is 1. The monoisotopic (exact) mass is 405 g/mol. The molecule has 8 heteroatoms. The Balaban J connectivity index is 1.56. The molecule has 142 valence electrons. The van der Waals surface area contributed by atoms with Crippen molar-refractivity contribution in [3.8, 4) is 0 Å². The van der Waals surface area contributed by atoms with E-state index >= 15 is 0 Å². The SMILES string of the molecule is C[C@@H](CC(=O)NCc1ccccc1Cl)CC1=NS(=O)(=O)c2ccccc2N1. The molecule has 1 heterocycles. The zero-order chi connectivity index (χ0) is 19.4. The van der Waals surface area contributed by atoms with E-state index < -0.39 is 10.0 Å². The summed E-state index contributed by atoms with van der Waals surface area (Å²) in [5, 5.41) is 6.49. The van der Waals surface area contributed by atoms with Gasteiger partial charge in [-0.25, -0.2) is 0 Å². The highest BCUT2D eigenvalue weighted by Gasteiger charge is 2.25. The smallest absolute Gasteiger partial charge is 0.286 e. The highest BCUT2D eigenvalue weighted by atomic mass is 35.5. The lowest BCUT2D eigenvalue weighted by Crippen LogP contribution is -2.27. The second-order valence-electron chi connectivity index (χ2n) is 6.52. The predicted octanol–water partition coefficient (Wildman–Crippen LogP) is 3.59. The first-order valence-electron chi connectivity index (χ1n) is 8.55. The summed E-state index contributed by atoms with van der Waals surface area (Å²) >= 11 is 6.08. The number of amides is 1. The van der Waals surface area contributed by atoms with Crippen molar-refractivity contribution in [1.29, 1.82) is 0 Å². The van der Waals surface area contributed by atoms with Crippen LogP contribution in [0.4, 0.5) is 5.69 Å². The fourth-order valence-corrected chi connectivity index (χ4v) is 4.24. The van der Waals surface area contributed by atoms with Crippen molar-refractivity contribution in [2.24, 2.45) is 10.3 Å². The average molecular weight is 406 g/mol. The number of benzene rings is 2. The summed E-state index contributed by atoms with van der Waals surface area (Å²) in [5.41, 5.74) is 1.36. The third-order valence-corrected chi connectivity index (χ3v) is 5.93. The number of nitrogens with one attached hydrogen (secondary N) is 2. The van der Waals surface area contributed by atoms with Gasteiger partial charge < -0.3 is 10.6 Å². The van der Waals surface area contributed by atoms with Crippen LogP contribution in [0, 0.1) is 5.92 Å². The number of sulfonamides is 1. The molecule has 0 saturated heterocycles. The third kappa shape index (κ3) is 4.87. The van der Waals surface area contributed by atoms with Crippen molar-refractivity contribution in [2.45, 2.75) is 31.2 Å². The molecule has 0 aromatic heterocycles. The maximum atomic E-state index is 12.3. The zero-order valence-electron chi connectivity index (χ0n) is 14.8. The lowest BCUT2D eigenvalue weighted by atomic mass is 10.0. The minimum absolute atomic E-state index is 0.0806. The van der Waals surface area contributed by atoms with E-state index in [0.29, 0.717) is 29.5 Å². The quantitative estimate of drug-likeness (QED) is 0.768. The Morgan fingerprint density at radius 2 is 1.89 bits per heavy atom. The van der Waals surface area contributed by atoms with Crippen molar-refractivity contribution in [3.05, 3.63) is 59.1 Å². The highest BCUT2D eigenvalue weighted by Crippen LogP contribution is 2.28. The van der Waals surface area contributed by atoms with Crippen LogP contribution in [0.2, 0.25) is 5.02 Å². The van der Waals surface area contributed by atoms with E-state index in [1.165, 1.54) is 6.07 Å². The largest absolute Gasteiger partial charge is 0.352 e. The molecular weight excluding hydrogens is 386 g/mol. The van der Waals surface area contributed by atoms with Gasteiger partial charge in [0.2, 0.25) is 5.91 Å². The normalized spacial score (nSPS) is 15.9. The minimum atomic E-state index is -3.71. The Kier molecular flexibility index (Phi) is 5.82. The van der Waals surface area contributed by atoms with Crippen LogP contribution >= 0.6 is 11.6 Å². The number of rotatable bonds is 6. The van der Waals surface area contributed by atoms with Gasteiger partial charge in [0.25, 0.3) is 10.0 Å². The Labute approximate surface area is 163 Å². The third-order valence-electron chi connectivity index (χ3n) is 4.18. The molecular formula is C19H20ClN3O3S. The van der Waals surface area contributed by atoms with Crippen molar-refractivity contribution < 1.29 is 13.2 Å². The molecule has 27 heavy (non-hydrogen) atoms. The summed E-state index contributed by atoms with van der Waals surface area (Å²) in [6, 6.07) is 14.0. The van der Waals surface area contributed by atoms with Gasteiger partial charge in [-0.2, -0.15) is 8.42 Å². The standard InChI is InChI=1S/C19H20ClN3O3S/c1-13(11-19(24)21-12-14-6-2-3-7-15(14)20)10-18-22-16-8-4-5-9-17(16)27(25,26)23-18/h2-9,13H,10-12H2,1H3,(H,21,24)(H,22,23)/t13-/m1/s1. The number of hydrogen-bond acceptors (Lipinski definition) is 4.